The molecule has 1 atom stereocenters. The van der Waals surface area contributed by atoms with Gasteiger partial charge in [-0.3, -0.25) is 0 Å². The standard InChI is InChI=1S/C41H64O/c1-34(2)20-14-23-37(5)26-17-29-38(6)27-15-24-35(3)21-12-13-22-36(4)25-16-28-39(7)30-18-31-40(8)32-19-33-41(9,10)42-11/h12-13,15-17,20-22,24-25,27-29,31,37H,14,18-19,23,26,30,32-33H2,1-11H3/b13-12+,24-15+,25-16+,29-17+,35-21+,36-22+,38-27+,39-28+,40-31+. The fourth-order valence-corrected chi connectivity index (χ4v) is 4.18. The summed E-state index contributed by atoms with van der Waals surface area (Å²) in [5, 5.41) is 0. The molecule has 0 N–H and O–H groups in total. The zero-order valence-electron chi connectivity index (χ0n) is 29.2. The van der Waals surface area contributed by atoms with E-state index >= 15 is 0 Å². The molecule has 0 radical (unpaired) electrons. The molecule has 0 aliphatic carbocycles. The summed E-state index contributed by atoms with van der Waals surface area (Å²) in [6.07, 6.45) is 40.1. The van der Waals surface area contributed by atoms with Crippen LogP contribution in [-0.2, 0) is 4.74 Å². The topological polar surface area (TPSA) is 9.23 Å². The lowest BCUT2D eigenvalue weighted by molar-refractivity contribution is 0.0140. The van der Waals surface area contributed by atoms with E-state index in [2.05, 4.69) is 154 Å². The minimum absolute atomic E-state index is 0.0138. The van der Waals surface area contributed by atoms with E-state index in [1.807, 2.05) is 0 Å². The maximum absolute atomic E-state index is 5.52. The van der Waals surface area contributed by atoms with Crippen LogP contribution in [0, 0.1) is 5.92 Å². The Morgan fingerprint density at radius 2 is 1.24 bits per heavy atom. The van der Waals surface area contributed by atoms with Gasteiger partial charge in [0.15, 0.2) is 0 Å². The molecule has 0 saturated heterocycles. The number of hydrogen-bond acceptors (Lipinski definition) is 1. The second-order valence-corrected chi connectivity index (χ2v) is 12.9. The van der Waals surface area contributed by atoms with Gasteiger partial charge in [-0.1, -0.05) is 125 Å². The molecule has 0 saturated carbocycles. The highest BCUT2D eigenvalue weighted by molar-refractivity contribution is 5.31. The van der Waals surface area contributed by atoms with Crippen molar-refractivity contribution in [2.75, 3.05) is 7.11 Å². The normalized spacial score (nSPS) is 15.6. The van der Waals surface area contributed by atoms with Crippen molar-refractivity contribution in [2.45, 2.75) is 126 Å². The van der Waals surface area contributed by atoms with E-state index in [9.17, 15) is 0 Å². The molecule has 0 amide bonds. The molecule has 0 aromatic rings. The monoisotopic (exact) mass is 572 g/mol. The molecule has 42 heavy (non-hydrogen) atoms. The minimum Gasteiger partial charge on any atom is -0.379 e. The van der Waals surface area contributed by atoms with Crippen molar-refractivity contribution in [3.8, 4) is 0 Å². The Morgan fingerprint density at radius 3 is 1.83 bits per heavy atom. The highest BCUT2D eigenvalue weighted by atomic mass is 16.5. The molecule has 0 aromatic heterocycles. The lowest BCUT2D eigenvalue weighted by Crippen LogP contribution is -2.21. The summed E-state index contributed by atoms with van der Waals surface area (Å²) in [5.41, 5.74) is 8.06. The molecule has 1 heteroatoms. The molecule has 1 nitrogen and oxygen atoms in total. The lowest BCUT2D eigenvalue weighted by atomic mass is 9.98. The summed E-state index contributed by atoms with van der Waals surface area (Å²) in [5.74, 6) is 0.725. The summed E-state index contributed by atoms with van der Waals surface area (Å²) in [6.45, 7) is 21.9. The number of hydrogen-bond donors (Lipinski definition) is 0. The van der Waals surface area contributed by atoms with Crippen LogP contribution in [0.2, 0.25) is 0 Å². The largest absolute Gasteiger partial charge is 0.379 e. The molecule has 0 fully saturated rings. The minimum atomic E-state index is -0.0138. The van der Waals surface area contributed by atoms with Gasteiger partial charge >= 0.3 is 0 Å². The number of rotatable bonds is 20. The first-order valence-electron chi connectivity index (χ1n) is 16.1. The molecule has 234 valence electrons. The van der Waals surface area contributed by atoms with Crippen LogP contribution in [0.4, 0.5) is 0 Å². The van der Waals surface area contributed by atoms with E-state index in [4.69, 9.17) is 4.74 Å². The van der Waals surface area contributed by atoms with Gasteiger partial charge in [-0.05, 0) is 120 Å². The van der Waals surface area contributed by atoms with Gasteiger partial charge in [0.1, 0.15) is 0 Å². The maximum Gasteiger partial charge on any atom is 0.0622 e. The third-order valence-electron chi connectivity index (χ3n) is 7.35. The Bertz CT molecular complexity index is 1050. The Kier molecular flexibility index (Phi) is 22.4. The van der Waals surface area contributed by atoms with Gasteiger partial charge in [0, 0.05) is 7.11 Å². The van der Waals surface area contributed by atoms with Crippen molar-refractivity contribution >= 4 is 0 Å². The number of ether oxygens (including phenoxy) is 1. The summed E-state index contributed by atoms with van der Waals surface area (Å²) in [7, 11) is 1.80. The summed E-state index contributed by atoms with van der Waals surface area (Å²) in [4.78, 5) is 0. The zero-order valence-corrected chi connectivity index (χ0v) is 29.2. The predicted octanol–water partition coefficient (Wildman–Crippen LogP) is 13.1. The Hall–Kier alpha value is -2.64. The molecular weight excluding hydrogens is 508 g/mol. The van der Waals surface area contributed by atoms with Crippen LogP contribution >= 0.6 is 0 Å². The summed E-state index contributed by atoms with van der Waals surface area (Å²) < 4.78 is 5.52. The van der Waals surface area contributed by atoms with Crippen molar-refractivity contribution in [3.63, 3.8) is 0 Å². The quantitative estimate of drug-likeness (QED) is 0.104. The summed E-state index contributed by atoms with van der Waals surface area (Å²) in [6, 6.07) is 0. The van der Waals surface area contributed by atoms with E-state index in [-0.39, 0.29) is 5.60 Å². The molecule has 0 rings (SSSR count). The highest BCUT2D eigenvalue weighted by Gasteiger charge is 2.15. The first-order chi connectivity index (χ1) is 19.8. The van der Waals surface area contributed by atoms with Crippen molar-refractivity contribution < 1.29 is 4.74 Å². The molecule has 0 heterocycles. The Labute approximate surface area is 262 Å². The number of methoxy groups -OCH3 is 1. The van der Waals surface area contributed by atoms with Gasteiger partial charge in [0.2, 0.25) is 0 Å². The second-order valence-electron chi connectivity index (χ2n) is 12.9. The third-order valence-corrected chi connectivity index (χ3v) is 7.35. The molecule has 0 aromatic carbocycles. The molecule has 0 aliphatic heterocycles. The van der Waals surface area contributed by atoms with Gasteiger partial charge in [-0.15, -0.1) is 0 Å². The van der Waals surface area contributed by atoms with Crippen molar-refractivity contribution in [3.05, 3.63) is 119 Å². The molecule has 0 spiro atoms. The van der Waals surface area contributed by atoms with Gasteiger partial charge in [0.25, 0.3) is 0 Å². The van der Waals surface area contributed by atoms with Gasteiger partial charge < -0.3 is 4.74 Å². The average molecular weight is 573 g/mol. The fourth-order valence-electron chi connectivity index (χ4n) is 4.18. The molecule has 1 unspecified atom stereocenters. The van der Waals surface area contributed by atoms with Crippen LogP contribution in [0.5, 0.6) is 0 Å². The van der Waals surface area contributed by atoms with E-state index in [1.54, 1.807) is 7.11 Å². The van der Waals surface area contributed by atoms with Gasteiger partial charge in [0.05, 0.1) is 5.60 Å². The lowest BCUT2D eigenvalue weighted by Gasteiger charge is -2.22. The molecular formula is C41H64O. The maximum atomic E-state index is 5.52. The smallest absolute Gasteiger partial charge is 0.0622 e. The van der Waals surface area contributed by atoms with Crippen LogP contribution in [0.1, 0.15) is 121 Å². The van der Waals surface area contributed by atoms with Crippen LogP contribution in [0.25, 0.3) is 0 Å². The fraction of sp³-hybridized carbons (Fsp3) is 0.512. The Morgan fingerprint density at radius 1 is 0.667 bits per heavy atom. The first kappa shape index (κ1) is 39.4. The molecule has 0 bridgehead atoms. The van der Waals surface area contributed by atoms with Crippen LogP contribution in [-0.4, -0.2) is 12.7 Å². The predicted molar refractivity (Wildman–Crippen MR) is 192 cm³/mol. The van der Waals surface area contributed by atoms with E-state index in [0.717, 1.165) is 38.0 Å². The van der Waals surface area contributed by atoms with Crippen LogP contribution in [0.15, 0.2) is 119 Å². The van der Waals surface area contributed by atoms with Crippen LogP contribution < -0.4 is 0 Å². The van der Waals surface area contributed by atoms with E-state index < -0.39 is 0 Å². The zero-order chi connectivity index (χ0) is 31.8. The van der Waals surface area contributed by atoms with Crippen LogP contribution in [0.3, 0.4) is 0 Å². The highest BCUT2D eigenvalue weighted by Crippen LogP contribution is 2.19. The first-order valence-corrected chi connectivity index (χ1v) is 16.1. The summed E-state index contributed by atoms with van der Waals surface area (Å²) >= 11 is 0. The van der Waals surface area contributed by atoms with E-state index in [0.29, 0.717) is 0 Å². The van der Waals surface area contributed by atoms with Gasteiger partial charge in [-0.25, -0.2) is 0 Å². The Balaban J connectivity index is 4.52. The van der Waals surface area contributed by atoms with Crippen molar-refractivity contribution in [1.29, 1.82) is 0 Å². The molecule has 0 aliphatic rings. The van der Waals surface area contributed by atoms with E-state index in [1.165, 1.54) is 52.7 Å². The van der Waals surface area contributed by atoms with Gasteiger partial charge in [-0.2, -0.15) is 0 Å². The second kappa shape index (κ2) is 23.9. The third kappa shape index (κ3) is 25.1. The SMILES string of the molecule is COC(C)(C)CCC/C(C)=C/CC/C(C)=C/C=C/C(C)=C/C=C/C=C(C)/C=C/C=C(C)/C=C/CC(C)CCC=C(C)C. The average Bonchev–Trinajstić information content (AvgIpc) is 2.91. The van der Waals surface area contributed by atoms with Crippen molar-refractivity contribution in [2.24, 2.45) is 5.92 Å². The van der Waals surface area contributed by atoms with Crippen molar-refractivity contribution in [1.82, 2.24) is 0 Å². The number of allylic oxidation sites excluding steroid dienone is 20.